The van der Waals surface area contributed by atoms with Crippen LogP contribution >= 0.6 is 0 Å². The molecule has 2 heterocycles. The van der Waals surface area contributed by atoms with E-state index in [9.17, 15) is 4.79 Å². The van der Waals surface area contributed by atoms with Crippen molar-refractivity contribution < 1.29 is 4.79 Å². The SMILES string of the molecule is CN1CCCC1C(=O)N1CCC(Cc2ccccc2)CC1. The Labute approximate surface area is 127 Å². The van der Waals surface area contributed by atoms with E-state index in [1.165, 1.54) is 5.56 Å². The molecule has 114 valence electrons. The van der Waals surface area contributed by atoms with Crippen molar-refractivity contribution in [1.29, 1.82) is 0 Å². The van der Waals surface area contributed by atoms with E-state index in [-0.39, 0.29) is 6.04 Å². The third-order valence-corrected chi connectivity index (χ3v) is 5.10. The normalized spacial score (nSPS) is 24.4. The van der Waals surface area contributed by atoms with E-state index in [0.717, 1.165) is 57.7 Å². The van der Waals surface area contributed by atoms with Gasteiger partial charge >= 0.3 is 0 Å². The molecule has 3 heteroatoms. The molecule has 0 aromatic heterocycles. The second-order valence-corrected chi connectivity index (χ2v) is 6.60. The second kappa shape index (κ2) is 6.61. The van der Waals surface area contributed by atoms with Crippen molar-refractivity contribution in [2.75, 3.05) is 26.7 Å². The summed E-state index contributed by atoms with van der Waals surface area (Å²) in [5.41, 5.74) is 1.43. The molecule has 1 aromatic carbocycles. The molecule has 0 aliphatic carbocycles. The highest BCUT2D eigenvalue weighted by Crippen LogP contribution is 2.24. The van der Waals surface area contributed by atoms with Crippen LogP contribution in [0.1, 0.15) is 31.2 Å². The minimum absolute atomic E-state index is 0.149. The lowest BCUT2D eigenvalue weighted by atomic mass is 9.90. The molecule has 0 radical (unpaired) electrons. The van der Waals surface area contributed by atoms with Crippen LogP contribution in [-0.2, 0) is 11.2 Å². The van der Waals surface area contributed by atoms with Gasteiger partial charge in [-0.15, -0.1) is 0 Å². The Hall–Kier alpha value is -1.35. The number of likely N-dealkylation sites (tertiary alicyclic amines) is 2. The zero-order valence-electron chi connectivity index (χ0n) is 13.0. The van der Waals surface area contributed by atoms with Crippen molar-refractivity contribution >= 4 is 5.91 Å². The summed E-state index contributed by atoms with van der Waals surface area (Å²) in [6.07, 6.45) is 5.66. The Kier molecular flexibility index (Phi) is 4.59. The van der Waals surface area contributed by atoms with Crippen molar-refractivity contribution in [2.24, 2.45) is 5.92 Å². The number of hydrogen-bond donors (Lipinski definition) is 0. The monoisotopic (exact) mass is 286 g/mol. The van der Waals surface area contributed by atoms with Crippen molar-refractivity contribution in [3.8, 4) is 0 Å². The van der Waals surface area contributed by atoms with Crippen molar-refractivity contribution in [1.82, 2.24) is 9.80 Å². The Morgan fingerprint density at radius 3 is 2.43 bits per heavy atom. The summed E-state index contributed by atoms with van der Waals surface area (Å²) in [7, 11) is 2.08. The van der Waals surface area contributed by atoms with Crippen LogP contribution in [-0.4, -0.2) is 48.4 Å². The minimum atomic E-state index is 0.149. The summed E-state index contributed by atoms with van der Waals surface area (Å²) < 4.78 is 0. The first-order valence-corrected chi connectivity index (χ1v) is 8.27. The van der Waals surface area contributed by atoms with E-state index in [2.05, 4.69) is 47.2 Å². The molecule has 2 aliphatic heterocycles. The number of carbonyl (C=O) groups is 1. The predicted octanol–water partition coefficient (Wildman–Crippen LogP) is 2.56. The number of nitrogens with zero attached hydrogens (tertiary/aromatic N) is 2. The standard InChI is InChI=1S/C18H26N2O/c1-19-11-5-8-17(19)18(21)20-12-9-16(10-13-20)14-15-6-3-2-4-7-15/h2-4,6-7,16-17H,5,8-14H2,1H3. The van der Waals surface area contributed by atoms with Crippen molar-refractivity contribution in [3.05, 3.63) is 35.9 Å². The fourth-order valence-electron chi connectivity index (χ4n) is 3.74. The van der Waals surface area contributed by atoms with Gasteiger partial charge in [-0.3, -0.25) is 9.69 Å². The van der Waals surface area contributed by atoms with Gasteiger partial charge in [0.1, 0.15) is 0 Å². The van der Waals surface area contributed by atoms with Crippen LogP contribution < -0.4 is 0 Å². The topological polar surface area (TPSA) is 23.6 Å². The van der Waals surface area contributed by atoms with Crippen LogP contribution in [0.4, 0.5) is 0 Å². The smallest absolute Gasteiger partial charge is 0.239 e. The van der Waals surface area contributed by atoms with Gasteiger partial charge in [0.2, 0.25) is 5.91 Å². The maximum Gasteiger partial charge on any atom is 0.239 e. The van der Waals surface area contributed by atoms with Crippen molar-refractivity contribution in [3.63, 3.8) is 0 Å². The average molecular weight is 286 g/mol. The summed E-state index contributed by atoms with van der Waals surface area (Å²) in [4.78, 5) is 16.9. The lowest BCUT2D eigenvalue weighted by molar-refractivity contribution is -0.137. The van der Waals surface area contributed by atoms with Crippen LogP contribution in [0.3, 0.4) is 0 Å². The molecule has 2 aliphatic rings. The van der Waals surface area contributed by atoms with Crippen LogP contribution in [0.2, 0.25) is 0 Å². The largest absolute Gasteiger partial charge is 0.341 e. The van der Waals surface area contributed by atoms with Gasteiger partial charge < -0.3 is 4.90 Å². The molecule has 21 heavy (non-hydrogen) atoms. The maximum atomic E-state index is 12.6. The Morgan fingerprint density at radius 1 is 1.10 bits per heavy atom. The first-order valence-electron chi connectivity index (χ1n) is 8.27. The van der Waals surface area contributed by atoms with E-state index >= 15 is 0 Å². The summed E-state index contributed by atoms with van der Waals surface area (Å²) in [6, 6.07) is 10.9. The molecule has 0 saturated carbocycles. The van der Waals surface area contributed by atoms with Crippen LogP contribution in [0.25, 0.3) is 0 Å². The minimum Gasteiger partial charge on any atom is -0.341 e. The number of piperidine rings is 1. The van der Waals surface area contributed by atoms with E-state index in [4.69, 9.17) is 0 Å². The van der Waals surface area contributed by atoms with Crippen molar-refractivity contribution in [2.45, 2.75) is 38.1 Å². The molecule has 3 nitrogen and oxygen atoms in total. The number of likely N-dealkylation sites (N-methyl/N-ethyl adjacent to an activating group) is 1. The zero-order chi connectivity index (χ0) is 14.7. The molecular formula is C18H26N2O. The van der Waals surface area contributed by atoms with Crippen LogP contribution in [0, 0.1) is 5.92 Å². The number of carbonyl (C=O) groups excluding carboxylic acids is 1. The van der Waals surface area contributed by atoms with Gasteiger partial charge in [-0.1, -0.05) is 30.3 Å². The average Bonchev–Trinajstić information content (AvgIpc) is 2.94. The molecule has 0 spiro atoms. The fraction of sp³-hybridized carbons (Fsp3) is 0.611. The van der Waals surface area contributed by atoms with E-state index in [1.54, 1.807) is 0 Å². The van der Waals surface area contributed by atoms with E-state index in [1.807, 2.05) is 0 Å². The molecule has 1 amide bonds. The molecule has 1 atom stereocenters. The zero-order valence-corrected chi connectivity index (χ0v) is 13.0. The Balaban J connectivity index is 1.50. The molecule has 1 unspecified atom stereocenters. The molecule has 3 rings (SSSR count). The van der Waals surface area contributed by atoms with Crippen LogP contribution in [0.5, 0.6) is 0 Å². The molecule has 0 N–H and O–H groups in total. The van der Waals surface area contributed by atoms with Gasteiger partial charge in [-0.05, 0) is 57.2 Å². The summed E-state index contributed by atoms with van der Waals surface area (Å²) in [6.45, 7) is 2.96. The highest BCUT2D eigenvalue weighted by molar-refractivity contribution is 5.82. The number of rotatable bonds is 3. The Bertz CT molecular complexity index is 465. The van der Waals surface area contributed by atoms with Gasteiger partial charge in [0.15, 0.2) is 0 Å². The quantitative estimate of drug-likeness (QED) is 0.852. The highest BCUT2D eigenvalue weighted by atomic mass is 16.2. The highest BCUT2D eigenvalue weighted by Gasteiger charge is 2.33. The van der Waals surface area contributed by atoms with Gasteiger partial charge in [0.05, 0.1) is 6.04 Å². The first-order chi connectivity index (χ1) is 10.2. The lowest BCUT2D eigenvalue weighted by Gasteiger charge is -2.35. The predicted molar refractivity (Wildman–Crippen MR) is 85.1 cm³/mol. The fourth-order valence-corrected chi connectivity index (χ4v) is 3.74. The number of hydrogen-bond acceptors (Lipinski definition) is 2. The third kappa shape index (κ3) is 3.46. The van der Waals surface area contributed by atoms with Gasteiger partial charge in [0.25, 0.3) is 0 Å². The van der Waals surface area contributed by atoms with Gasteiger partial charge in [-0.2, -0.15) is 0 Å². The molecule has 1 aromatic rings. The lowest BCUT2D eigenvalue weighted by Crippen LogP contribution is -2.47. The third-order valence-electron chi connectivity index (χ3n) is 5.10. The van der Waals surface area contributed by atoms with Gasteiger partial charge in [0, 0.05) is 13.1 Å². The molecular weight excluding hydrogens is 260 g/mol. The number of amides is 1. The van der Waals surface area contributed by atoms with E-state index in [0.29, 0.717) is 5.91 Å². The summed E-state index contributed by atoms with van der Waals surface area (Å²) in [5, 5.41) is 0. The van der Waals surface area contributed by atoms with Crippen LogP contribution in [0.15, 0.2) is 30.3 Å². The Morgan fingerprint density at radius 2 is 1.81 bits per heavy atom. The summed E-state index contributed by atoms with van der Waals surface area (Å²) >= 11 is 0. The number of benzene rings is 1. The van der Waals surface area contributed by atoms with E-state index < -0.39 is 0 Å². The molecule has 0 bridgehead atoms. The maximum absolute atomic E-state index is 12.6. The molecule has 2 fully saturated rings. The van der Waals surface area contributed by atoms with Gasteiger partial charge in [-0.25, -0.2) is 0 Å². The molecule has 2 saturated heterocycles. The summed E-state index contributed by atoms with van der Waals surface area (Å²) in [5.74, 6) is 1.10. The first kappa shape index (κ1) is 14.6. The second-order valence-electron chi connectivity index (χ2n) is 6.60.